The molecular formula is C25H23N3O5. The molecule has 3 amide bonds. The molecular weight excluding hydrogens is 422 g/mol. The minimum Gasteiger partial charge on any atom is -0.454 e. The number of carbonyl (C=O) groups excluding carboxylic acids is 3. The van der Waals surface area contributed by atoms with Crippen LogP contribution in [0.5, 0.6) is 11.5 Å². The number of carbonyl (C=O) groups is 3. The highest BCUT2D eigenvalue weighted by molar-refractivity contribution is 6.26. The second kappa shape index (κ2) is 6.14. The normalized spacial score (nSPS) is 31.7. The second-order valence-corrected chi connectivity index (χ2v) is 9.61. The first-order valence-electron chi connectivity index (χ1n) is 11.4. The van der Waals surface area contributed by atoms with Gasteiger partial charge in [0, 0.05) is 30.4 Å². The van der Waals surface area contributed by atoms with Gasteiger partial charge in [0.05, 0.1) is 17.5 Å². The van der Waals surface area contributed by atoms with Crippen LogP contribution in [0, 0.1) is 18.8 Å². The molecule has 5 aliphatic rings. The number of aryl methyl sites for hydroxylation is 1. The molecule has 3 fully saturated rings. The van der Waals surface area contributed by atoms with Crippen LogP contribution in [0.25, 0.3) is 0 Å². The summed E-state index contributed by atoms with van der Waals surface area (Å²) in [7, 11) is 1.76. The maximum Gasteiger partial charge on any atom is 0.252 e. The molecule has 0 bridgehead atoms. The molecule has 1 spiro atoms. The highest BCUT2D eigenvalue weighted by Crippen LogP contribution is 2.61. The van der Waals surface area contributed by atoms with Crippen LogP contribution in [-0.4, -0.2) is 49.0 Å². The summed E-state index contributed by atoms with van der Waals surface area (Å²) < 4.78 is 10.9. The summed E-state index contributed by atoms with van der Waals surface area (Å²) >= 11 is 0. The lowest BCUT2D eigenvalue weighted by atomic mass is 9.75. The van der Waals surface area contributed by atoms with Gasteiger partial charge in [-0.1, -0.05) is 17.7 Å². The van der Waals surface area contributed by atoms with Crippen molar-refractivity contribution in [3.63, 3.8) is 0 Å². The van der Waals surface area contributed by atoms with Crippen molar-refractivity contribution in [2.24, 2.45) is 11.8 Å². The van der Waals surface area contributed by atoms with E-state index in [2.05, 4.69) is 4.90 Å². The molecule has 0 N–H and O–H groups in total. The standard InChI is InChI=1S/C25H23N3O5/c1-13-5-7-16-15(10-13)25(24(31)26(16)2)21-20(17-4-3-9-27(17)25)22(29)28(23(21)30)14-6-8-18-19(11-14)33-12-32-18/h5-8,10-11,17,20-21H,3-4,9,12H2,1-2H3. The fourth-order valence-corrected chi connectivity index (χ4v) is 6.89. The lowest BCUT2D eigenvalue weighted by Gasteiger charge is -2.37. The maximum absolute atomic E-state index is 14.1. The third-order valence-electron chi connectivity index (χ3n) is 8.14. The van der Waals surface area contributed by atoms with E-state index >= 15 is 0 Å². The van der Waals surface area contributed by atoms with E-state index in [-0.39, 0.29) is 30.6 Å². The van der Waals surface area contributed by atoms with Gasteiger partial charge in [0.1, 0.15) is 5.54 Å². The molecule has 5 heterocycles. The van der Waals surface area contributed by atoms with E-state index in [0.29, 0.717) is 23.7 Å². The monoisotopic (exact) mass is 445 g/mol. The van der Waals surface area contributed by atoms with Crippen LogP contribution in [0.1, 0.15) is 24.0 Å². The predicted molar refractivity (Wildman–Crippen MR) is 118 cm³/mol. The van der Waals surface area contributed by atoms with Crippen molar-refractivity contribution in [3.8, 4) is 11.5 Å². The molecule has 7 rings (SSSR count). The summed E-state index contributed by atoms with van der Waals surface area (Å²) in [5, 5.41) is 0. The van der Waals surface area contributed by atoms with Gasteiger partial charge in [0.15, 0.2) is 11.5 Å². The molecule has 2 aromatic rings. The molecule has 8 nitrogen and oxygen atoms in total. The Labute approximate surface area is 190 Å². The van der Waals surface area contributed by atoms with Gasteiger partial charge < -0.3 is 14.4 Å². The van der Waals surface area contributed by atoms with Gasteiger partial charge in [-0.15, -0.1) is 0 Å². The third-order valence-corrected chi connectivity index (χ3v) is 8.14. The topological polar surface area (TPSA) is 79.4 Å². The Kier molecular flexibility index (Phi) is 3.55. The fraction of sp³-hybridized carbons (Fsp3) is 0.400. The van der Waals surface area contributed by atoms with E-state index in [1.165, 1.54) is 4.90 Å². The van der Waals surface area contributed by atoms with E-state index in [9.17, 15) is 14.4 Å². The van der Waals surface area contributed by atoms with Crippen molar-refractivity contribution in [2.75, 3.05) is 30.2 Å². The first-order chi connectivity index (χ1) is 15.9. The first-order valence-corrected chi connectivity index (χ1v) is 11.4. The number of likely N-dealkylation sites (N-methyl/N-ethyl adjacent to an activating group) is 1. The summed E-state index contributed by atoms with van der Waals surface area (Å²) in [6.07, 6.45) is 1.70. The van der Waals surface area contributed by atoms with Gasteiger partial charge in [-0.3, -0.25) is 19.3 Å². The van der Waals surface area contributed by atoms with E-state index in [0.717, 1.165) is 29.7 Å². The molecule has 4 unspecified atom stereocenters. The third kappa shape index (κ3) is 2.08. The van der Waals surface area contributed by atoms with E-state index in [1.54, 1.807) is 30.1 Å². The van der Waals surface area contributed by atoms with Gasteiger partial charge in [0.25, 0.3) is 5.91 Å². The van der Waals surface area contributed by atoms with Crippen molar-refractivity contribution < 1.29 is 23.9 Å². The Bertz CT molecular complexity index is 1270. The number of rotatable bonds is 1. The number of hydrogen-bond acceptors (Lipinski definition) is 6. The maximum atomic E-state index is 14.1. The Morgan fingerprint density at radius 3 is 2.67 bits per heavy atom. The molecule has 2 aromatic carbocycles. The average molecular weight is 445 g/mol. The number of ether oxygens (including phenoxy) is 2. The average Bonchev–Trinajstić information content (AvgIpc) is 3.57. The van der Waals surface area contributed by atoms with E-state index in [1.807, 2.05) is 25.1 Å². The van der Waals surface area contributed by atoms with Crippen LogP contribution < -0.4 is 19.3 Å². The number of anilines is 2. The van der Waals surface area contributed by atoms with Crippen LogP contribution in [0.2, 0.25) is 0 Å². The molecule has 3 saturated heterocycles. The van der Waals surface area contributed by atoms with Crippen molar-refractivity contribution in [1.82, 2.24) is 4.90 Å². The zero-order valence-electron chi connectivity index (χ0n) is 18.4. The van der Waals surface area contributed by atoms with Gasteiger partial charge >= 0.3 is 0 Å². The zero-order chi connectivity index (χ0) is 22.6. The number of amides is 3. The second-order valence-electron chi connectivity index (χ2n) is 9.61. The predicted octanol–water partition coefficient (Wildman–Crippen LogP) is 2.18. The molecule has 5 aliphatic heterocycles. The molecule has 0 saturated carbocycles. The zero-order valence-corrected chi connectivity index (χ0v) is 18.4. The summed E-state index contributed by atoms with van der Waals surface area (Å²) in [5.74, 6) is -0.846. The van der Waals surface area contributed by atoms with Crippen LogP contribution >= 0.6 is 0 Å². The molecule has 8 heteroatoms. The lowest BCUT2D eigenvalue weighted by Crippen LogP contribution is -2.55. The summed E-state index contributed by atoms with van der Waals surface area (Å²) in [5.41, 5.74) is 2.02. The molecule has 0 aliphatic carbocycles. The smallest absolute Gasteiger partial charge is 0.252 e. The highest BCUT2D eigenvalue weighted by Gasteiger charge is 2.75. The molecule has 4 atom stereocenters. The van der Waals surface area contributed by atoms with Crippen molar-refractivity contribution in [2.45, 2.75) is 31.3 Å². The Morgan fingerprint density at radius 1 is 1.00 bits per heavy atom. The molecule has 168 valence electrons. The Hall–Kier alpha value is -3.39. The summed E-state index contributed by atoms with van der Waals surface area (Å²) in [6, 6.07) is 10.9. The Morgan fingerprint density at radius 2 is 1.82 bits per heavy atom. The number of fused-ring (bicyclic) bond motifs is 8. The first kappa shape index (κ1) is 19.1. The minimum atomic E-state index is -1.14. The van der Waals surface area contributed by atoms with Crippen LogP contribution in [-0.2, 0) is 19.9 Å². The van der Waals surface area contributed by atoms with E-state index in [4.69, 9.17) is 9.47 Å². The van der Waals surface area contributed by atoms with Crippen LogP contribution in [0.3, 0.4) is 0 Å². The van der Waals surface area contributed by atoms with E-state index < -0.39 is 17.4 Å². The number of imide groups is 1. The number of nitrogens with zero attached hydrogens (tertiary/aromatic N) is 3. The lowest BCUT2D eigenvalue weighted by molar-refractivity contribution is -0.136. The van der Waals surface area contributed by atoms with Crippen LogP contribution in [0.15, 0.2) is 36.4 Å². The van der Waals surface area contributed by atoms with Gasteiger partial charge in [-0.2, -0.15) is 0 Å². The van der Waals surface area contributed by atoms with Crippen LogP contribution in [0.4, 0.5) is 11.4 Å². The quantitative estimate of drug-likeness (QED) is 0.626. The molecule has 33 heavy (non-hydrogen) atoms. The van der Waals surface area contributed by atoms with Crippen molar-refractivity contribution >= 4 is 29.1 Å². The number of hydrogen-bond donors (Lipinski definition) is 0. The highest BCUT2D eigenvalue weighted by atomic mass is 16.7. The number of benzene rings is 2. The SMILES string of the molecule is Cc1ccc2c(c1)C1(C(=O)N2C)C2C(=O)N(c3ccc4c(c3)OCO4)C(=O)C2C2CCCN21. The van der Waals surface area contributed by atoms with Gasteiger partial charge in [-0.05, 0) is 44.5 Å². The summed E-state index contributed by atoms with van der Waals surface area (Å²) in [6.45, 7) is 2.81. The largest absolute Gasteiger partial charge is 0.454 e. The molecule has 0 aromatic heterocycles. The summed E-state index contributed by atoms with van der Waals surface area (Å²) in [4.78, 5) is 47.0. The van der Waals surface area contributed by atoms with Gasteiger partial charge in [-0.25, -0.2) is 4.90 Å². The van der Waals surface area contributed by atoms with Crippen molar-refractivity contribution in [1.29, 1.82) is 0 Å². The van der Waals surface area contributed by atoms with Gasteiger partial charge in [0.2, 0.25) is 18.6 Å². The van der Waals surface area contributed by atoms with Crippen molar-refractivity contribution in [3.05, 3.63) is 47.5 Å². The fourth-order valence-electron chi connectivity index (χ4n) is 6.89. The molecule has 0 radical (unpaired) electrons. The minimum absolute atomic E-state index is 0.114. The Balaban J connectivity index is 1.42.